The number of halogens is 2. The summed E-state index contributed by atoms with van der Waals surface area (Å²) >= 11 is 0. The molecule has 2 aromatic carbocycles. The zero-order chi connectivity index (χ0) is 15.4. The van der Waals surface area contributed by atoms with E-state index in [1.54, 1.807) is 12.1 Å². The number of benzene rings is 2. The summed E-state index contributed by atoms with van der Waals surface area (Å²) in [6.07, 6.45) is 0. The van der Waals surface area contributed by atoms with Gasteiger partial charge in [-0.3, -0.25) is 0 Å². The number of anilines is 2. The summed E-state index contributed by atoms with van der Waals surface area (Å²) in [6, 6.07) is 6.47. The fourth-order valence-corrected chi connectivity index (χ4v) is 1.95. The summed E-state index contributed by atoms with van der Waals surface area (Å²) in [7, 11) is 4.47. The molecular weight excluding hydrogens is 280 g/mol. The van der Waals surface area contributed by atoms with Gasteiger partial charge in [0, 0.05) is 29.6 Å². The standard InChI is InChI=1S/C15H15F2NO3/c1-19-13-7-12(8-14(20-2)15(13)21-3)18-11-5-9(16)4-10(17)6-11/h4-8,18H,1-3H3. The third-order valence-corrected chi connectivity index (χ3v) is 2.82. The van der Waals surface area contributed by atoms with Gasteiger partial charge in [-0.15, -0.1) is 0 Å². The van der Waals surface area contributed by atoms with Crippen molar-refractivity contribution in [1.29, 1.82) is 0 Å². The second-order valence-corrected chi connectivity index (χ2v) is 4.20. The van der Waals surface area contributed by atoms with Crippen LogP contribution in [-0.4, -0.2) is 21.3 Å². The van der Waals surface area contributed by atoms with E-state index in [0.717, 1.165) is 6.07 Å². The summed E-state index contributed by atoms with van der Waals surface area (Å²) in [5.74, 6) is -0.00157. The van der Waals surface area contributed by atoms with E-state index in [-0.39, 0.29) is 5.69 Å². The minimum atomic E-state index is -0.662. The zero-order valence-corrected chi connectivity index (χ0v) is 11.9. The second-order valence-electron chi connectivity index (χ2n) is 4.20. The molecule has 0 aromatic heterocycles. The Morgan fingerprint density at radius 1 is 0.714 bits per heavy atom. The maximum atomic E-state index is 13.2. The molecule has 0 spiro atoms. The lowest BCUT2D eigenvalue weighted by atomic mass is 10.2. The first kappa shape index (κ1) is 14.9. The van der Waals surface area contributed by atoms with Gasteiger partial charge < -0.3 is 19.5 Å². The quantitative estimate of drug-likeness (QED) is 0.912. The molecule has 0 aliphatic rings. The molecule has 0 aliphatic heterocycles. The molecule has 0 saturated carbocycles. The monoisotopic (exact) mass is 295 g/mol. The van der Waals surface area contributed by atoms with E-state index in [0.29, 0.717) is 22.9 Å². The Kier molecular flexibility index (Phi) is 4.47. The second kappa shape index (κ2) is 6.30. The number of nitrogens with one attached hydrogen (secondary N) is 1. The molecule has 0 radical (unpaired) electrons. The smallest absolute Gasteiger partial charge is 0.203 e. The van der Waals surface area contributed by atoms with Crippen LogP contribution >= 0.6 is 0 Å². The topological polar surface area (TPSA) is 39.7 Å². The Balaban J connectivity index is 2.40. The van der Waals surface area contributed by atoms with Crippen molar-refractivity contribution >= 4 is 11.4 Å². The Bertz CT molecular complexity index is 602. The van der Waals surface area contributed by atoms with Gasteiger partial charge >= 0.3 is 0 Å². The molecule has 2 rings (SSSR count). The summed E-state index contributed by atoms with van der Waals surface area (Å²) in [6.45, 7) is 0. The molecule has 0 saturated heterocycles. The van der Waals surface area contributed by atoms with E-state index in [1.165, 1.54) is 33.5 Å². The summed E-state index contributed by atoms with van der Waals surface area (Å²) in [4.78, 5) is 0. The molecule has 112 valence electrons. The molecule has 0 bridgehead atoms. The minimum absolute atomic E-state index is 0.279. The fraction of sp³-hybridized carbons (Fsp3) is 0.200. The molecule has 4 nitrogen and oxygen atoms in total. The molecule has 6 heteroatoms. The van der Waals surface area contributed by atoms with Crippen LogP contribution < -0.4 is 19.5 Å². The first-order chi connectivity index (χ1) is 10.1. The van der Waals surface area contributed by atoms with Gasteiger partial charge in [-0.05, 0) is 12.1 Å². The maximum absolute atomic E-state index is 13.2. The average Bonchev–Trinajstić information content (AvgIpc) is 2.45. The fourth-order valence-electron chi connectivity index (χ4n) is 1.95. The average molecular weight is 295 g/mol. The van der Waals surface area contributed by atoms with Crippen molar-refractivity contribution in [2.45, 2.75) is 0 Å². The third-order valence-electron chi connectivity index (χ3n) is 2.82. The van der Waals surface area contributed by atoms with Gasteiger partial charge in [0.05, 0.1) is 21.3 Å². The molecule has 21 heavy (non-hydrogen) atoms. The number of hydrogen-bond acceptors (Lipinski definition) is 4. The summed E-state index contributed by atoms with van der Waals surface area (Å²) in [5.41, 5.74) is 0.830. The Morgan fingerprint density at radius 3 is 1.62 bits per heavy atom. The molecule has 0 atom stereocenters. The number of hydrogen-bond donors (Lipinski definition) is 1. The first-order valence-electron chi connectivity index (χ1n) is 6.10. The van der Waals surface area contributed by atoms with Crippen LogP contribution in [0.2, 0.25) is 0 Å². The van der Waals surface area contributed by atoms with Crippen LogP contribution in [0.15, 0.2) is 30.3 Å². The highest BCUT2D eigenvalue weighted by Crippen LogP contribution is 2.40. The van der Waals surface area contributed by atoms with Crippen LogP contribution in [0.5, 0.6) is 17.2 Å². The molecule has 2 aromatic rings. The minimum Gasteiger partial charge on any atom is -0.493 e. The van der Waals surface area contributed by atoms with Crippen LogP contribution in [-0.2, 0) is 0 Å². The highest BCUT2D eigenvalue weighted by molar-refractivity contribution is 5.68. The van der Waals surface area contributed by atoms with Crippen molar-refractivity contribution < 1.29 is 23.0 Å². The number of ether oxygens (including phenoxy) is 3. The highest BCUT2D eigenvalue weighted by atomic mass is 19.1. The third kappa shape index (κ3) is 3.34. The van der Waals surface area contributed by atoms with Crippen molar-refractivity contribution in [1.82, 2.24) is 0 Å². The van der Waals surface area contributed by atoms with Gasteiger partial charge in [-0.25, -0.2) is 8.78 Å². The van der Waals surface area contributed by atoms with Crippen LogP contribution in [0.1, 0.15) is 0 Å². The summed E-state index contributed by atoms with van der Waals surface area (Å²) in [5, 5.41) is 2.89. The molecule has 0 amide bonds. The SMILES string of the molecule is COc1cc(Nc2cc(F)cc(F)c2)cc(OC)c1OC. The van der Waals surface area contributed by atoms with Gasteiger partial charge in [0.25, 0.3) is 0 Å². The van der Waals surface area contributed by atoms with Crippen LogP contribution in [0.3, 0.4) is 0 Å². The molecule has 1 N–H and O–H groups in total. The van der Waals surface area contributed by atoms with Gasteiger partial charge in [0.2, 0.25) is 5.75 Å². The molecule has 0 fully saturated rings. The Labute approximate surface area is 121 Å². The predicted octanol–water partition coefficient (Wildman–Crippen LogP) is 3.73. The number of rotatable bonds is 5. The lowest BCUT2D eigenvalue weighted by Crippen LogP contribution is -1.98. The molecule has 0 heterocycles. The van der Waals surface area contributed by atoms with E-state index < -0.39 is 11.6 Å². The number of methoxy groups -OCH3 is 3. The van der Waals surface area contributed by atoms with Crippen LogP contribution in [0.25, 0.3) is 0 Å². The highest BCUT2D eigenvalue weighted by Gasteiger charge is 2.13. The van der Waals surface area contributed by atoms with Crippen molar-refractivity contribution in [2.75, 3.05) is 26.6 Å². The van der Waals surface area contributed by atoms with Gasteiger partial charge in [0.15, 0.2) is 11.5 Å². The van der Waals surface area contributed by atoms with Crippen molar-refractivity contribution in [3.8, 4) is 17.2 Å². The van der Waals surface area contributed by atoms with E-state index in [1.807, 2.05) is 0 Å². The van der Waals surface area contributed by atoms with E-state index in [4.69, 9.17) is 14.2 Å². The van der Waals surface area contributed by atoms with Crippen molar-refractivity contribution in [2.24, 2.45) is 0 Å². The predicted molar refractivity (Wildman–Crippen MR) is 75.7 cm³/mol. The van der Waals surface area contributed by atoms with Gasteiger partial charge in [0.1, 0.15) is 11.6 Å². The van der Waals surface area contributed by atoms with E-state index in [9.17, 15) is 8.78 Å². The normalized spacial score (nSPS) is 10.1. The van der Waals surface area contributed by atoms with Crippen LogP contribution in [0.4, 0.5) is 20.2 Å². The Morgan fingerprint density at radius 2 is 1.19 bits per heavy atom. The van der Waals surface area contributed by atoms with E-state index in [2.05, 4.69) is 5.32 Å². The summed E-state index contributed by atoms with van der Waals surface area (Å²) < 4.78 is 42.0. The molecule has 0 aliphatic carbocycles. The first-order valence-corrected chi connectivity index (χ1v) is 6.10. The van der Waals surface area contributed by atoms with Crippen LogP contribution in [0, 0.1) is 11.6 Å². The van der Waals surface area contributed by atoms with Crippen molar-refractivity contribution in [3.05, 3.63) is 42.0 Å². The lowest BCUT2D eigenvalue weighted by Gasteiger charge is -2.15. The van der Waals surface area contributed by atoms with Gasteiger partial charge in [-0.2, -0.15) is 0 Å². The lowest BCUT2D eigenvalue weighted by molar-refractivity contribution is 0.324. The maximum Gasteiger partial charge on any atom is 0.203 e. The van der Waals surface area contributed by atoms with Gasteiger partial charge in [-0.1, -0.05) is 0 Å². The molecular formula is C15H15F2NO3. The van der Waals surface area contributed by atoms with Crippen molar-refractivity contribution in [3.63, 3.8) is 0 Å². The largest absolute Gasteiger partial charge is 0.493 e. The Hall–Kier alpha value is -2.50. The zero-order valence-electron chi connectivity index (χ0n) is 11.9. The van der Waals surface area contributed by atoms with E-state index >= 15 is 0 Å². The molecule has 0 unspecified atom stereocenters.